The van der Waals surface area contributed by atoms with Crippen LogP contribution in [0.15, 0.2) is 46.5 Å². The molecule has 100 valence electrons. The summed E-state index contributed by atoms with van der Waals surface area (Å²) >= 11 is 0. The molecule has 1 aromatic heterocycles. The van der Waals surface area contributed by atoms with Crippen LogP contribution in [-0.4, -0.2) is 32.6 Å². The predicted octanol–water partition coefficient (Wildman–Crippen LogP) is 1.33. The third-order valence-corrected chi connectivity index (χ3v) is 3.93. The summed E-state index contributed by atoms with van der Waals surface area (Å²) in [6, 6.07) is 9.35. The van der Waals surface area contributed by atoms with E-state index in [9.17, 15) is 8.42 Å². The van der Waals surface area contributed by atoms with Crippen molar-refractivity contribution < 1.29 is 17.9 Å². The van der Waals surface area contributed by atoms with Crippen molar-refractivity contribution in [1.29, 1.82) is 0 Å². The Morgan fingerprint density at radius 3 is 1.95 bits per heavy atom. The molecule has 0 spiro atoms. The molecular weight excluding hydrogens is 268 g/mol. The zero-order valence-electron chi connectivity index (χ0n) is 10.4. The van der Waals surface area contributed by atoms with E-state index in [0.717, 1.165) is 0 Å². The van der Waals surface area contributed by atoms with Gasteiger partial charge in [0.25, 0.3) is 5.16 Å². The molecule has 0 atom stereocenters. The monoisotopic (exact) mass is 280 g/mol. The average Bonchev–Trinajstić information content (AvgIpc) is 2.47. The average molecular weight is 280 g/mol. The molecule has 0 bridgehead atoms. The molecule has 2 aromatic rings. The van der Waals surface area contributed by atoms with E-state index in [1.807, 2.05) is 0 Å². The van der Waals surface area contributed by atoms with Gasteiger partial charge in [0, 0.05) is 0 Å². The summed E-state index contributed by atoms with van der Waals surface area (Å²) in [5, 5.41) is -0.352. The molecule has 0 aliphatic carbocycles. The van der Waals surface area contributed by atoms with Gasteiger partial charge in [0.15, 0.2) is 0 Å². The molecule has 0 fully saturated rings. The number of rotatable bonds is 4. The van der Waals surface area contributed by atoms with E-state index in [2.05, 4.69) is 9.97 Å². The largest absolute Gasteiger partial charge is 0.481 e. The smallest absolute Gasteiger partial charge is 0.258 e. The highest BCUT2D eigenvalue weighted by molar-refractivity contribution is 7.91. The van der Waals surface area contributed by atoms with Crippen molar-refractivity contribution in [2.45, 2.75) is 10.1 Å². The maximum atomic E-state index is 12.3. The van der Waals surface area contributed by atoms with Crippen LogP contribution in [0.1, 0.15) is 0 Å². The number of nitrogens with zero attached hydrogens (tertiary/aromatic N) is 2. The highest BCUT2D eigenvalue weighted by Gasteiger charge is 2.22. The molecule has 0 aliphatic rings. The van der Waals surface area contributed by atoms with Gasteiger partial charge in [-0.05, 0) is 12.1 Å². The lowest BCUT2D eigenvalue weighted by molar-refractivity contribution is 0.362. The van der Waals surface area contributed by atoms with E-state index in [1.165, 1.54) is 32.4 Å². The van der Waals surface area contributed by atoms with Crippen molar-refractivity contribution in [3.63, 3.8) is 0 Å². The lowest BCUT2D eigenvalue weighted by Gasteiger charge is -2.07. The van der Waals surface area contributed by atoms with Crippen molar-refractivity contribution in [3.05, 3.63) is 36.4 Å². The first-order valence-electron chi connectivity index (χ1n) is 5.35. The van der Waals surface area contributed by atoms with Gasteiger partial charge in [-0.1, -0.05) is 18.2 Å². The fraction of sp³-hybridized carbons (Fsp3) is 0.167. The number of ether oxygens (including phenoxy) is 2. The van der Waals surface area contributed by atoms with Crippen molar-refractivity contribution >= 4 is 9.84 Å². The van der Waals surface area contributed by atoms with Gasteiger partial charge >= 0.3 is 0 Å². The van der Waals surface area contributed by atoms with E-state index >= 15 is 0 Å². The third-order valence-electron chi connectivity index (χ3n) is 2.37. The molecule has 0 unspecified atom stereocenters. The quantitative estimate of drug-likeness (QED) is 0.786. The zero-order valence-corrected chi connectivity index (χ0v) is 11.2. The van der Waals surface area contributed by atoms with Crippen molar-refractivity contribution in [3.8, 4) is 11.8 Å². The number of hydrogen-bond acceptors (Lipinski definition) is 6. The fourth-order valence-corrected chi connectivity index (χ4v) is 2.56. The minimum absolute atomic E-state index is 0.116. The summed E-state index contributed by atoms with van der Waals surface area (Å²) in [6.07, 6.45) is 0. The molecule has 19 heavy (non-hydrogen) atoms. The zero-order chi connectivity index (χ0) is 13.9. The van der Waals surface area contributed by atoms with E-state index in [1.54, 1.807) is 18.2 Å². The van der Waals surface area contributed by atoms with Gasteiger partial charge in [-0.15, -0.1) is 0 Å². The first kappa shape index (κ1) is 13.3. The summed E-state index contributed by atoms with van der Waals surface area (Å²) < 4.78 is 34.5. The third kappa shape index (κ3) is 2.65. The lowest BCUT2D eigenvalue weighted by atomic mass is 10.4. The molecule has 0 N–H and O–H groups in total. The Kier molecular flexibility index (Phi) is 3.66. The molecular formula is C12H12N2O4S. The van der Waals surface area contributed by atoms with E-state index in [0.29, 0.717) is 0 Å². The van der Waals surface area contributed by atoms with Crippen LogP contribution in [0.3, 0.4) is 0 Å². The number of sulfone groups is 1. The topological polar surface area (TPSA) is 78.4 Å². The van der Waals surface area contributed by atoms with Gasteiger partial charge in [0.2, 0.25) is 21.6 Å². The van der Waals surface area contributed by atoms with Crippen LogP contribution < -0.4 is 9.47 Å². The second kappa shape index (κ2) is 5.23. The summed E-state index contributed by atoms with van der Waals surface area (Å²) in [5.74, 6) is 0.253. The fourth-order valence-electron chi connectivity index (χ4n) is 1.42. The molecule has 1 heterocycles. The molecule has 0 saturated heterocycles. The first-order chi connectivity index (χ1) is 9.07. The summed E-state index contributed by atoms with van der Waals surface area (Å²) in [6.45, 7) is 0. The minimum Gasteiger partial charge on any atom is -0.481 e. The van der Waals surface area contributed by atoms with Gasteiger partial charge in [0.1, 0.15) is 0 Å². The van der Waals surface area contributed by atoms with Crippen LogP contribution in [0.4, 0.5) is 0 Å². The van der Waals surface area contributed by atoms with E-state index < -0.39 is 9.84 Å². The van der Waals surface area contributed by atoms with Gasteiger partial charge in [-0.2, -0.15) is 9.97 Å². The van der Waals surface area contributed by atoms with Crippen LogP contribution in [-0.2, 0) is 9.84 Å². The molecule has 0 radical (unpaired) electrons. The van der Waals surface area contributed by atoms with Crippen LogP contribution in [0.2, 0.25) is 0 Å². The van der Waals surface area contributed by atoms with Crippen LogP contribution >= 0.6 is 0 Å². The van der Waals surface area contributed by atoms with Gasteiger partial charge < -0.3 is 9.47 Å². The van der Waals surface area contributed by atoms with Crippen molar-refractivity contribution in [2.24, 2.45) is 0 Å². The number of methoxy groups -OCH3 is 2. The maximum Gasteiger partial charge on any atom is 0.258 e. The Morgan fingerprint density at radius 2 is 1.47 bits per heavy atom. The standard InChI is InChI=1S/C12H12N2O4S/c1-17-10-8-11(18-2)14-12(13-10)19(15,16)9-6-4-3-5-7-9/h3-8H,1-2H3. The summed E-state index contributed by atoms with van der Waals surface area (Å²) in [4.78, 5) is 7.81. The number of benzene rings is 1. The van der Waals surface area contributed by atoms with Crippen molar-refractivity contribution in [2.75, 3.05) is 14.2 Å². The molecule has 7 heteroatoms. The highest BCUT2D eigenvalue weighted by atomic mass is 32.2. The highest BCUT2D eigenvalue weighted by Crippen LogP contribution is 2.22. The lowest BCUT2D eigenvalue weighted by Crippen LogP contribution is -2.08. The molecule has 2 rings (SSSR count). The number of hydrogen-bond donors (Lipinski definition) is 0. The Morgan fingerprint density at radius 1 is 0.947 bits per heavy atom. The maximum absolute atomic E-state index is 12.3. The Bertz CT molecular complexity index is 649. The summed E-state index contributed by atoms with van der Waals surface area (Å²) in [7, 11) is -1.01. The molecule has 0 amide bonds. The second-order valence-electron chi connectivity index (χ2n) is 3.55. The van der Waals surface area contributed by atoms with Crippen LogP contribution in [0.5, 0.6) is 11.8 Å². The predicted molar refractivity (Wildman–Crippen MR) is 67.0 cm³/mol. The van der Waals surface area contributed by atoms with Gasteiger partial charge in [-0.25, -0.2) is 8.42 Å². The van der Waals surface area contributed by atoms with E-state index in [4.69, 9.17) is 9.47 Å². The number of aromatic nitrogens is 2. The first-order valence-corrected chi connectivity index (χ1v) is 6.83. The molecule has 0 saturated carbocycles. The normalized spacial score (nSPS) is 11.1. The van der Waals surface area contributed by atoms with Gasteiger partial charge in [0.05, 0.1) is 25.2 Å². The minimum atomic E-state index is -3.79. The Labute approximate surface area is 111 Å². The molecule has 1 aromatic carbocycles. The molecule has 0 aliphatic heterocycles. The summed E-state index contributed by atoms with van der Waals surface area (Å²) in [5.41, 5.74) is 0. The van der Waals surface area contributed by atoms with Gasteiger partial charge in [-0.3, -0.25) is 0 Å². The molecule has 6 nitrogen and oxygen atoms in total. The second-order valence-corrected chi connectivity index (χ2v) is 5.40. The van der Waals surface area contributed by atoms with E-state index in [-0.39, 0.29) is 21.8 Å². The Hall–Kier alpha value is -2.15. The SMILES string of the molecule is COc1cc(OC)nc(S(=O)(=O)c2ccccc2)n1. The van der Waals surface area contributed by atoms with Crippen molar-refractivity contribution in [1.82, 2.24) is 9.97 Å². The van der Waals surface area contributed by atoms with Crippen LogP contribution in [0, 0.1) is 0 Å². The van der Waals surface area contributed by atoms with Crippen LogP contribution in [0.25, 0.3) is 0 Å². The Balaban J connectivity index is 2.58.